The molecule has 0 N–H and O–H groups in total. The maximum absolute atomic E-state index is 11.4. The van der Waals surface area contributed by atoms with Gasteiger partial charge in [-0.2, -0.15) is 0 Å². The van der Waals surface area contributed by atoms with Crippen LogP contribution in [0.15, 0.2) is 24.3 Å². The molecule has 3 nitrogen and oxygen atoms in total. The number of carbonyl (C=O) groups is 1. The van der Waals surface area contributed by atoms with Crippen LogP contribution in [-0.4, -0.2) is 19.7 Å². The molecule has 0 saturated heterocycles. The van der Waals surface area contributed by atoms with Gasteiger partial charge in [-0.1, -0.05) is 12.1 Å². The van der Waals surface area contributed by atoms with Gasteiger partial charge in [0.1, 0.15) is 0 Å². The zero-order chi connectivity index (χ0) is 10.6. The average molecular weight is 193 g/mol. The molecule has 0 spiro atoms. The predicted octanol–water partition coefficient (Wildman–Crippen LogP) is 2.59. The molecule has 14 heavy (non-hydrogen) atoms. The highest BCUT2D eigenvalue weighted by Gasteiger charge is 2.10. The molecule has 0 fully saturated rings. The Morgan fingerprint density at radius 1 is 1.50 bits per heavy atom. The Hall–Kier alpha value is -1.51. The Labute approximate surface area is 84.3 Å². The summed E-state index contributed by atoms with van der Waals surface area (Å²) in [7, 11) is 1.70. The normalized spacial score (nSPS) is 9.64. The molecule has 1 rings (SSSR count). The molecule has 0 bridgehead atoms. The van der Waals surface area contributed by atoms with Gasteiger partial charge in [0.15, 0.2) is 0 Å². The highest BCUT2D eigenvalue weighted by atomic mass is 16.6. The molecule has 76 valence electrons. The minimum absolute atomic E-state index is 0.321. The Bertz CT molecular complexity index is 323. The summed E-state index contributed by atoms with van der Waals surface area (Å²) < 4.78 is 4.88. The average Bonchev–Trinajstić information content (AvgIpc) is 2.17. The molecule has 1 amide bonds. The van der Waals surface area contributed by atoms with Crippen molar-refractivity contribution in [1.29, 1.82) is 0 Å². The van der Waals surface area contributed by atoms with Gasteiger partial charge in [0.25, 0.3) is 0 Å². The first-order valence-corrected chi connectivity index (χ1v) is 4.62. The van der Waals surface area contributed by atoms with Gasteiger partial charge in [-0.3, -0.25) is 4.90 Å². The second-order valence-electron chi connectivity index (χ2n) is 3.10. The Balaban J connectivity index is 2.78. The standard InChI is InChI=1S/C11H15NO2/c1-4-14-11(13)12(3)10-7-5-6-9(2)8-10/h5-8H,4H2,1-3H3. The lowest BCUT2D eigenvalue weighted by Crippen LogP contribution is -2.26. The number of ether oxygens (including phenoxy) is 1. The summed E-state index contributed by atoms with van der Waals surface area (Å²) in [6, 6.07) is 7.73. The first kappa shape index (κ1) is 10.6. The summed E-state index contributed by atoms with van der Waals surface area (Å²) in [4.78, 5) is 12.9. The minimum atomic E-state index is -0.321. The van der Waals surface area contributed by atoms with Crippen LogP contribution in [-0.2, 0) is 4.74 Å². The van der Waals surface area contributed by atoms with Crippen LogP contribution in [0.2, 0.25) is 0 Å². The van der Waals surface area contributed by atoms with E-state index in [0.717, 1.165) is 11.3 Å². The first-order valence-electron chi connectivity index (χ1n) is 4.62. The van der Waals surface area contributed by atoms with E-state index >= 15 is 0 Å². The second-order valence-corrected chi connectivity index (χ2v) is 3.10. The zero-order valence-corrected chi connectivity index (χ0v) is 8.78. The fourth-order valence-corrected chi connectivity index (χ4v) is 1.16. The van der Waals surface area contributed by atoms with Crippen LogP contribution in [0.5, 0.6) is 0 Å². The number of aryl methyl sites for hydroxylation is 1. The van der Waals surface area contributed by atoms with Crippen LogP contribution in [0.1, 0.15) is 12.5 Å². The fourth-order valence-electron chi connectivity index (χ4n) is 1.16. The maximum atomic E-state index is 11.4. The molecule has 1 aromatic rings. The molecule has 3 heteroatoms. The van der Waals surface area contributed by atoms with Crippen LogP contribution in [0.4, 0.5) is 10.5 Å². The highest BCUT2D eigenvalue weighted by Crippen LogP contribution is 2.14. The summed E-state index contributed by atoms with van der Waals surface area (Å²) >= 11 is 0. The second kappa shape index (κ2) is 4.65. The van der Waals surface area contributed by atoms with Crippen molar-refractivity contribution in [3.05, 3.63) is 29.8 Å². The van der Waals surface area contributed by atoms with Crippen LogP contribution < -0.4 is 4.90 Å². The van der Waals surface area contributed by atoms with Gasteiger partial charge >= 0.3 is 6.09 Å². The van der Waals surface area contributed by atoms with Gasteiger partial charge in [-0.15, -0.1) is 0 Å². The molecular weight excluding hydrogens is 178 g/mol. The molecule has 0 aromatic heterocycles. The Morgan fingerprint density at radius 3 is 2.79 bits per heavy atom. The fraction of sp³-hybridized carbons (Fsp3) is 0.364. The summed E-state index contributed by atoms with van der Waals surface area (Å²) in [6.07, 6.45) is -0.321. The SMILES string of the molecule is CCOC(=O)N(C)c1cccc(C)c1. The van der Waals surface area contributed by atoms with Gasteiger partial charge in [-0.05, 0) is 31.5 Å². The van der Waals surface area contributed by atoms with Crippen LogP contribution in [0.25, 0.3) is 0 Å². The van der Waals surface area contributed by atoms with Crippen molar-refractivity contribution in [2.24, 2.45) is 0 Å². The third kappa shape index (κ3) is 2.49. The zero-order valence-electron chi connectivity index (χ0n) is 8.78. The lowest BCUT2D eigenvalue weighted by molar-refractivity contribution is 0.161. The van der Waals surface area contributed by atoms with Crippen molar-refractivity contribution in [3.63, 3.8) is 0 Å². The van der Waals surface area contributed by atoms with Crippen molar-refractivity contribution >= 4 is 11.8 Å². The number of nitrogens with zero attached hydrogens (tertiary/aromatic N) is 1. The lowest BCUT2D eigenvalue weighted by atomic mass is 10.2. The summed E-state index contributed by atoms with van der Waals surface area (Å²) in [6.45, 7) is 4.18. The minimum Gasteiger partial charge on any atom is -0.449 e. The van der Waals surface area contributed by atoms with Crippen molar-refractivity contribution in [2.45, 2.75) is 13.8 Å². The molecule has 0 aliphatic rings. The van der Waals surface area contributed by atoms with E-state index in [2.05, 4.69) is 0 Å². The van der Waals surface area contributed by atoms with E-state index in [1.165, 1.54) is 4.90 Å². The number of amides is 1. The Kier molecular flexibility index (Phi) is 3.51. The number of anilines is 1. The predicted molar refractivity (Wildman–Crippen MR) is 56.6 cm³/mol. The molecule has 0 atom stereocenters. The van der Waals surface area contributed by atoms with Gasteiger partial charge < -0.3 is 4.74 Å². The van der Waals surface area contributed by atoms with Crippen LogP contribution in [0.3, 0.4) is 0 Å². The third-order valence-corrected chi connectivity index (χ3v) is 1.93. The number of hydrogen-bond acceptors (Lipinski definition) is 2. The summed E-state index contributed by atoms with van der Waals surface area (Å²) in [5, 5.41) is 0. The molecule has 0 radical (unpaired) electrons. The molecular formula is C11H15NO2. The van der Waals surface area contributed by atoms with Gasteiger partial charge in [-0.25, -0.2) is 4.79 Å². The van der Waals surface area contributed by atoms with E-state index in [-0.39, 0.29) is 6.09 Å². The van der Waals surface area contributed by atoms with E-state index in [0.29, 0.717) is 6.61 Å². The van der Waals surface area contributed by atoms with E-state index in [4.69, 9.17) is 4.74 Å². The maximum Gasteiger partial charge on any atom is 0.413 e. The first-order chi connectivity index (χ1) is 6.65. The monoisotopic (exact) mass is 193 g/mol. The van der Waals surface area contributed by atoms with E-state index < -0.39 is 0 Å². The van der Waals surface area contributed by atoms with Gasteiger partial charge in [0.2, 0.25) is 0 Å². The molecule has 0 heterocycles. The van der Waals surface area contributed by atoms with Gasteiger partial charge in [0.05, 0.1) is 6.61 Å². The number of carbonyl (C=O) groups excluding carboxylic acids is 1. The Morgan fingerprint density at radius 2 is 2.21 bits per heavy atom. The van der Waals surface area contributed by atoms with Crippen molar-refractivity contribution in [2.75, 3.05) is 18.6 Å². The number of hydrogen-bond donors (Lipinski definition) is 0. The van der Waals surface area contributed by atoms with Crippen molar-refractivity contribution < 1.29 is 9.53 Å². The van der Waals surface area contributed by atoms with Crippen molar-refractivity contribution in [1.82, 2.24) is 0 Å². The molecule has 0 unspecified atom stereocenters. The molecule has 0 aliphatic heterocycles. The van der Waals surface area contributed by atoms with E-state index in [1.807, 2.05) is 31.2 Å². The molecule has 0 saturated carbocycles. The topological polar surface area (TPSA) is 29.5 Å². The summed E-state index contributed by atoms with van der Waals surface area (Å²) in [5.74, 6) is 0. The highest BCUT2D eigenvalue weighted by molar-refractivity contribution is 5.86. The largest absolute Gasteiger partial charge is 0.449 e. The number of rotatable bonds is 2. The van der Waals surface area contributed by atoms with Crippen molar-refractivity contribution in [3.8, 4) is 0 Å². The molecule has 0 aliphatic carbocycles. The van der Waals surface area contributed by atoms with E-state index in [1.54, 1.807) is 14.0 Å². The number of benzene rings is 1. The van der Waals surface area contributed by atoms with Crippen LogP contribution in [0, 0.1) is 6.92 Å². The van der Waals surface area contributed by atoms with Gasteiger partial charge in [0, 0.05) is 12.7 Å². The van der Waals surface area contributed by atoms with Crippen LogP contribution >= 0.6 is 0 Å². The quantitative estimate of drug-likeness (QED) is 0.722. The molecule has 1 aromatic carbocycles. The third-order valence-electron chi connectivity index (χ3n) is 1.93. The smallest absolute Gasteiger partial charge is 0.413 e. The summed E-state index contributed by atoms with van der Waals surface area (Å²) in [5.41, 5.74) is 1.97. The lowest BCUT2D eigenvalue weighted by Gasteiger charge is -2.16. The van der Waals surface area contributed by atoms with E-state index in [9.17, 15) is 4.79 Å².